The van der Waals surface area contributed by atoms with Gasteiger partial charge in [-0.05, 0) is 25.7 Å². The first kappa shape index (κ1) is 9.40. The fraction of sp³-hybridized carbons (Fsp3) is 0.600. The molecule has 4 heteroatoms. The van der Waals surface area contributed by atoms with Gasteiger partial charge in [0, 0.05) is 5.54 Å². The Morgan fingerprint density at radius 1 is 1.43 bits per heavy atom. The average Bonchev–Trinajstić information content (AvgIpc) is 2.95. The summed E-state index contributed by atoms with van der Waals surface area (Å²) in [4.78, 5) is 8.33. The Labute approximate surface area is 83.5 Å². The summed E-state index contributed by atoms with van der Waals surface area (Å²) in [6, 6.07) is 0. The van der Waals surface area contributed by atoms with Crippen molar-refractivity contribution in [3.8, 4) is 5.88 Å². The second-order valence-electron chi connectivity index (χ2n) is 3.91. The molecule has 1 saturated carbocycles. The molecule has 1 aromatic heterocycles. The van der Waals surface area contributed by atoms with Crippen LogP contribution in [0.1, 0.15) is 25.0 Å². The van der Waals surface area contributed by atoms with Crippen LogP contribution in [0.15, 0.2) is 12.4 Å². The van der Waals surface area contributed by atoms with Gasteiger partial charge in [0.1, 0.15) is 0 Å². The van der Waals surface area contributed by atoms with Crippen molar-refractivity contribution >= 4 is 0 Å². The summed E-state index contributed by atoms with van der Waals surface area (Å²) >= 11 is 0. The number of hydrogen-bond acceptors (Lipinski definition) is 4. The Balaban J connectivity index is 1.89. The zero-order chi connectivity index (χ0) is 10.0. The summed E-state index contributed by atoms with van der Waals surface area (Å²) < 4.78 is 4.93. The minimum absolute atomic E-state index is 0.0988. The monoisotopic (exact) mass is 193 g/mol. The highest BCUT2D eigenvalue weighted by Crippen LogP contribution is 2.36. The van der Waals surface area contributed by atoms with Crippen molar-refractivity contribution < 1.29 is 4.74 Å². The topological polar surface area (TPSA) is 61.0 Å². The Hall–Kier alpha value is -1.16. The minimum Gasteiger partial charge on any atom is -0.480 e. The van der Waals surface area contributed by atoms with E-state index in [0.717, 1.165) is 31.4 Å². The van der Waals surface area contributed by atoms with E-state index in [9.17, 15) is 0 Å². The van der Waals surface area contributed by atoms with Crippen LogP contribution in [0.5, 0.6) is 5.88 Å². The highest BCUT2D eigenvalue weighted by atomic mass is 16.5. The van der Waals surface area contributed by atoms with Crippen LogP contribution >= 0.6 is 0 Å². The highest BCUT2D eigenvalue weighted by molar-refractivity contribution is 5.09. The van der Waals surface area contributed by atoms with Crippen LogP contribution in [0.3, 0.4) is 0 Å². The molecule has 2 rings (SSSR count). The lowest BCUT2D eigenvalue weighted by atomic mass is 10.1. The molecule has 76 valence electrons. The zero-order valence-corrected chi connectivity index (χ0v) is 8.36. The number of rotatable bonds is 4. The number of aromatic nitrogens is 2. The van der Waals surface area contributed by atoms with E-state index in [-0.39, 0.29) is 5.54 Å². The predicted molar refractivity (Wildman–Crippen MR) is 53.1 cm³/mol. The van der Waals surface area contributed by atoms with Crippen molar-refractivity contribution in [2.75, 3.05) is 7.11 Å². The largest absolute Gasteiger partial charge is 0.480 e. The van der Waals surface area contributed by atoms with E-state index >= 15 is 0 Å². The maximum Gasteiger partial charge on any atom is 0.231 e. The SMILES string of the molecule is COc1cnc(CCC2(N)CC2)cn1. The number of aryl methyl sites for hydroxylation is 1. The lowest BCUT2D eigenvalue weighted by Crippen LogP contribution is -2.22. The van der Waals surface area contributed by atoms with Crippen molar-refractivity contribution in [2.24, 2.45) is 5.73 Å². The summed E-state index contributed by atoms with van der Waals surface area (Å²) in [6.07, 6.45) is 7.62. The van der Waals surface area contributed by atoms with Gasteiger partial charge in [-0.2, -0.15) is 0 Å². The molecule has 0 bridgehead atoms. The molecule has 0 spiro atoms. The number of nitrogens with two attached hydrogens (primary N) is 1. The van der Waals surface area contributed by atoms with Crippen LogP contribution in [-0.2, 0) is 6.42 Å². The van der Waals surface area contributed by atoms with Crippen LogP contribution in [0.4, 0.5) is 0 Å². The molecule has 0 aliphatic heterocycles. The first-order valence-electron chi connectivity index (χ1n) is 4.86. The van der Waals surface area contributed by atoms with E-state index in [2.05, 4.69) is 9.97 Å². The van der Waals surface area contributed by atoms with Crippen LogP contribution < -0.4 is 10.5 Å². The lowest BCUT2D eigenvalue weighted by Gasteiger charge is -2.07. The van der Waals surface area contributed by atoms with Crippen LogP contribution in [0, 0.1) is 0 Å². The van der Waals surface area contributed by atoms with Crippen LogP contribution in [0.2, 0.25) is 0 Å². The van der Waals surface area contributed by atoms with Gasteiger partial charge < -0.3 is 10.5 Å². The van der Waals surface area contributed by atoms with Gasteiger partial charge in [0.2, 0.25) is 5.88 Å². The Morgan fingerprint density at radius 2 is 2.21 bits per heavy atom. The van der Waals surface area contributed by atoms with Gasteiger partial charge in [-0.25, -0.2) is 4.98 Å². The third-order valence-corrected chi connectivity index (χ3v) is 2.66. The number of hydrogen-bond donors (Lipinski definition) is 1. The molecule has 0 unspecified atom stereocenters. The molecule has 0 aromatic carbocycles. The Bertz CT molecular complexity index is 306. The quantitative estimate of drug-likeness (QED) is 0.772. The molecule has 0 saturated heterocycles. The highest BCUT2D eigenvalue weighted by Gasteiger charge is 2.37. The standard InChI is InChI=1S/C10H15N3O/c1-14-9-7-12-8(6-13-9)2-3-10(11)4-5-10/h6-7H,2-5,11H2,1H3. The first-order valence-corrected chi connectivity index (χ1v) is 4.86. The molecule has 2 N–H and O–H groups in total. The summed E-state index contributed by atoms with van der Waals surface area (Å²) in [7, 11) is 1.59. The fourth-order valence-electron chi connectivity index (χ4n) is 1.37. The first-order chi connectivity index (χ1) is 6.72. The second-order valence-corrected chi connectivity index (χ2v) is 3.91. The smallest absolute Gasteiger partial charge is 0.231 e. The molecular weight excluding hydrogens is 178 g/mol. The fourth-order valence-corrected chi connectivity index (χ4v) is 1.37. The number of ether oxygens (including phenoxy) is 1. The van der Waals surface area contributed by atoms with Gasteiger partial charge in [-0.3, -0.25) is 4.98 Å². The molecule has 14 heavy (non-hydrogen) atoms. The average molecular weight is 193 g/mol. The molecule has 0 atom stereocenters. The van der Waals surface area contributed by atoms with Gasteiger partial charge in [-0.1, -0.05) is 0 Å². The second kappa shape index (κ2) is 3.53. The summed E-state index contributed by atoms with van der Waals surface area (Å²) in [5, 5.41) is 0. The molecule has 1 aliphatic rings. The van der Waals surface area contributed by atoms with E-state index in [1.807, 2.05) is 0 Å². The van der Waals surface area contributed by atoms with Gasteiger partial charge in [0.05, 0.1) is 25.2 Å². The van der Waals surface area contributed by atoms with Crippen molar-refractivity contribution in [1.29, 1.82) is 0 Å². The van der Waals surface area contributed by atoms with Crippen LogP contribution in [0.25, 0.3) is 0 Å². The number of nitrogens with zero attached hydrogens (tertiary/aromatic N) is 2. The van der Waals surface area contributed by atoms with E-state index in [4.69, 9.17) is 10.5 Å². The maximum absolute atomic E-state index is 5.98. The summed E-state index contributed by atoms with van der Waals surface area (Å²) in [5.74, 6) is 0.558. The predicted octanol–water partition coefficient (Wildman–Crippen LogP) is 0.909. The molecule has 0 radical (unpaired) electrons. The van der Waals surface area contributed by atoms with Gasteiger partial charge in [0.15, 0.2) is 0 Å². The molecule has 0 amide bonds. The molecular formula is C10H15N3O. The summed E-state index contributed by atoms with van der Waals surface area (Å²) in [5.41, 5.74) is 7.06. The number of methoxy groups -OCH3 is 1. The van der Waals surface area contributed by atoms with Crippen molar-refractivity contribution in [2.45, 2.75) is 31.2 Å². The van der Waals surface area contributed by atoms with E-state index in [1.165, 1.54) is 0 Å². The van der Waals surface area contributed by atoms with Gasteiger partial charge in [-0.15, -0.1) is 0 Å². The molecule has 4 nitrogen and oxygen atoms in total. The maximum atomic E-state index is 5.98. The Morgan fingerprint density at radius 3 is 2.71 bits per heavy atom. The minimum atomic E-state index is 0.0988. The normalized spacial score (nSPS) is 17.9. The van der Waals surface area contributed by atoms with Gasteiger partial charge >= 0.3 is 0 Å². The van der Waals surface area contributed by atoms with Crippen molar-refractivity contribution in [3.05, 3.63) is 18.1 Å². The van der Waals surface area contributed by atoms with E-state index in [1.54, 1.807) is 19.5 Å². The molecule has 1 heterocycles. The van der Waals surface area contributed by atoms with Gasteiger partial charge in [0.25, 0.3) is 0 Å². The Kier molecular flexibility index (Phi) is 2.37. The van der Waals surface area contributed by atoms with Crippen LogP contribution in [-0.4, -0.2) is 22.6 Å². The zero-order valence-electron chi connectivity index (χ0n) is 8.36. The lowest BCUT2D eigenvalue weighted by molar-refractivity contribution is 0.395. The van der Waals surface area contributed by atoms with Crippen molar-refractivity contribution in [1.82, 2.24) is 9.97 Å². The molecule has 1 aromatic rings. The summed E-state index contributed by atoms with van der Waals surface area (Å²) in [6.45, 7) is 0. The molecule has 1 fully saturated rings. The third-order valence-electron chi connectivity index (χ3n) is 2.66. The van der Waals surface area contributed by atoms with E-state index in [0.29, 0.717) is 5.88 Å². The van der Waals surface area contributed by atoms with E-state index < -0.39 is 0 Å². The molecule has 1 aliphatic carbocycles. The van der Waals surface area contributed by atoms with Crippen molar-refractivity contribution in [3.63, 3.8) is 0 Å². The third kappa shape index (κ3) is 2.20.